The zero-order chi connectivity index (χ0) is 11.2. The Labute approximate surface area is 95.2 Å². The molecule has 16 heavy (non-hydrogen) atoms. The van der Waals surface area contributed by atoms with Crippen molar-refractivity contribution < 1.29 is 4.39 Å². The molecule has 2 fully saturated rings. The summed E-state index contributed by atoms with van der Waals surface area (Å²) in [5.41, 5.74) is 7.65. The summed E-state index contributed by atoms with van der Waals surface area (Å²) >= 11 is 0. The van der Waals surface area contributed by atoms with Gasteiger partial charge in [-0.15, -0.1) is 0 Å². The van der Waals surface area contributed by atoms with Crippen LogP contribution in [0, 0.1) is 11.2 Å². The largest absolute Gasteiger partial charge is 0.397 e. The molecule has 2 nitrogen and oxygen atoms in total. The molecule has 1 aromatic rings. The Morgan fingerprint density at radius 3 is 2.38 bits per heavy atom. The third-order valence-electron chi connectivity index (χ3n) is 4.12. The Kier molecular flexibility index (Phi) is 2.09. The molecule has 1 saturated carbocycles. The predicted octanol–water partition coefficient (Wildman–Crippen LogP) is 2.79. The smallest absolute Gasteiger partial charge is 0.148 e. The summed E-state index contributed by atoms with van der Waals surface area (Å²) in [5.74, 6) is -0.188. The number of rotatable bonds is 1. The fourth-order valence-electron chi connectivity index (χ4n) is 2.75. The Balaban J connectivity index is 1.82. The van der Waals surface area contributed by atoms with Crippen LogP contribution in [-0.4, -0.2) is 13.1 Å². The van der Waals surface area contributed by atoms with Gasteiger partial charge in [0.1, 0.15) is 5.82 Å². The van der Waals surface area contributed by atoms with Crippen LogP contribution in [0.15, 0.2) is 18.2 Å². The molecule has 0 amide bonds. The van der Waals surface area contributed by atoms with E-state index in [4.69, 9.17) is 5.73 Å². The molecule has 2 aliphatic rings. The number of piperidine rings is 1. The second kappa shape index (κ2) is 3.37. The van der Waals surface area contributed by atoms with Crippen LogP contribution in [0.3, 0.4) is 0 Å². The molecule has 1 aliphatic heterocycles. The zero-order valence-corrected chi connectivity index (χ0v) is 9.38. The van der Waals surface area contributed by atoms with Crippen LogP contribution < -0.4 is 10.6 Å². The number of hydrogen-bond donors (Lipinski definition) is 1. The number of nitrogens with two attached hydrogens (primary N) is 1. The van der Waals surface area contributed by atoms with E-state index in [2.05, 4.69) is 4.90 Å². The standard InChI is InChI=1S/C13H17FN2/c14-10-2-1-3-11(15)12(10)16-8-6-13(4-5-13)7-9-16/h1-3H,4-9,15H2. The van der Waals surface area contributed by atoms with Crippen LogP contribution in [0.25, 0.3) is 0 Å². The number of benzene rings is 1. The predicted molar refractivity (Wildman–Crippen MR) is 63.9 cm³/mol. The molecule has 3 heteroatoms. The number of nitrogens with zero attached hydrogens (tertiary/aromatic N) is 1. The lowest BCUT2D eigenvalue weighted by atomic mass is 9.93. The first kappa shape index (κ1) is 9.94. The van der Waals surface area contributed by atoms with Crippen molar-refractivity contribution in [1.29, 1.82) is 0 Å². The second-order valence-electron chi connectivity index (χ2n) is 5.16. The van der Waals surface area contributed by atoms with Crippen LogP contribution in [0.5, 0.6) is 0 Å². The lowest BCUT2D eigenvalue weighted by molar-refractivity contribution is 0.382. The molecule has 0 radical (unpaired) electrons. The normalized spacial score (nSPS) is 22.4. The highest BCUT2D eigenvalue weighted by atomic mass is 19.1. The maximum Gasteiger partial charge on any atom is 0.148 e. The van der Waals surface area contributed by atoms with Crippen molar-refractivity contribution >= 4 is 11.4 Å². The Morgan fingerprint density at radius 1 is 1.12 bits per heavy atom. The summed E-state index contributed by atoms with van der Waals surface area (Å²) < 4.78 is 13.7. The molecule has 3 rings (SSSR count). The average molecular weight is 220 g/mol. The van der Waals surface area contributed by atoms with E-state index in [9.17, 15) is 4.39 Å². The monoisotopic (exact) mass is 220 g/mol. The van der Waals surface area contributed by atoms with Gasteiger partial charge in [0, 0.05) is 13.1 Å². The van der Waals surface area contributed by atoms with Gasteiger partial charge in [-0.3, -0.25) is 0 Å². The Bertz CT molecular complexity index is 382. The van der Waals surface area contributed by atoms with Gasteiger partial charge in [0.15, 0.2) is 0 Å². The van der Waals surface area contributed by atoms with Crippen molar-refractivity contribution in [3.63, 3.8) is 0 Å². The molecule has 0 unspecified atom stereocenters. The van der Waals surface area contributed by atoms with Crippen LogP contribution >= 0.6 is 0 Å². The number of anilines is 2. The van der Waals surface area contributed by atoms with Crippen molar-refractivity contribution in [1.82, 2.24) is 0 Å². The average Bonchev–Trinajstić information content (AvgIpc) is 3.01. The molecule has 0 atom stereocenters. The SMILES string of the molecule is Nc1cccc(F)c1N1CCC2(CC1)CC2. The van der Waals surface area contributed by atoms with Crippen LogP contribution in [-0.2, 0) is 0 Å². The van der Waals surface area contributed by atoms with Crippen molar-refractivity contribution in [3.05, 3.63) is 24.0 Å². The number of hydrogen-bond acceptors (Lipinski definition) is 2. The molecule has 1 saturated heterocycles. The van der Waals surface area contributed by atoms with Gasteiger partial charge in [0.25, 0.3) is 0 Å². The molecular formula is C13H17FN2. The van der Waals surface area contributed by atoms with Crippen molar-refractivity contribution in [2.75, 3.05) is 23.7 Å². The van der Waals surface area contributed by atoms with Gasteiger partial charge in [-0.2, -0.15) is 0 Å². The zero-order valence-electron chi connectivity index (χ0n) is 9.38. The number of para-hydroxylation sites is 1. The first-order valence-corrected chi connectivity index (χ1v) is 5.99. The van der Waals surface area contributed by atoms with Gasteiger partial charge >= 0.3 is 0 Å². The van der Waals surface area contributed by atoms with Gasteiger partial charge in [-0.05, 0) is 43.2 Å². The van der Waals surface area contributed by atoms with E-state index in [0.717, 1.165) is 13.1 Å². The Morgan fingerprint density at radius 2 is 1.81 bits per heavy atom. The summed E-state index contributed by atoms with van der Waals surface area (Å²) in [6.07, 6.45) is 5.13. The first-order valence-electron chi connectivity index (χ1n) is 5.99. The van der Waals surface area contributed by atoms with Crippen LogP contribution in [0.4, 0.5) is 15.8 Å². The Hall–Kier alpha value is -1.25. The van der Waals surface area contributed by atoms with Crippen molar-refractivity contribution in [2.24, 2.45) is 5.41 Å². The highest BCUT2D eigenvalue weighted by Gasteiger charge is 2.44. The summed E-state index contributed by atoms with van der Waals surface area (Å²) in [7, 11) is 0. The van der Waals surface area contributed by atoms with E-state index >= 15 is 0 Å². The highest BCUT2D eigenvalue weighted by molar-refractivity contribution is 5.68. The third-order valence-corrected chi connectivity index (χ3v) is 4.12. The molecule has 1 heterocycles. The minimum Gasteiger partial charge on any atom is -0.397 e. The van der Waals surface area contributed by atoms with E-state index < -0.39 is 0 Å². The second-order valence-corrected chi connectivity index (χ2v) is 5.16. The molecule has 0 aromatic heterocycles. The maximum absolute atomic E-state index is 13.7. The lowest BCUT2D eigenvalue weighted by Gasteiger charge is -2.34. The summed E-state index contributed by atoms with van der Waals surface area (Å²) in [5, 5.41) is 0. The third kappa shape index (κ3) is 1.55. The topological polar surface area (TPSA) is 29.3 Å². The molecule has 1 aromatic carbocycles. The van der Waals surface area contributed by atoms with Gasteiger partial charge in [0.05, 0.1) is 11.4 Å². The van der Waals surface area contributed by atoms with Crippen molar-refractivity contribution in [3.8, 4) is 0 Å². The van der Waals surface area contributed by atoms with Gasteiger partial charge in [-0.1, -0.05) is 6.07 Å². The molecule has 1 spiro atoms. The number of nitrogen functional groups attached to an aromatic ring is 1. The van der Waals surface area contributed by atoms with Crippen LogP contribution in [0.2, 0.25) is 0 Å². The van der Waals surface area contributed by atoms with Gasteiger partial charge < -0.3 is 10.6 Å². The molecule has 86 valence electrons. The van der Waals surface area contributed by atoms with E-state index in [-0.39, 0.29) is 5.82 Å². The molecule has 0 bridgehead atoms. The molecule has 2 N–H and O–H groups in total. The molecular weight excluding hydrogens is 203 g/mol. The van der Waals surface area contributed by atoms with Crippen molar-refractivity contribution in [2.45, 2.75) is 25.7 Å². The van der Waals surface area contributed by atoms with E-state index in [0.29, 0.717) is 16.8 Å². The maximum atomic E-state index is 13.7. The van der Waals surface area contributed by atoms with Crippen LogP contribution in [0.1, 0.15) is 25.7 Å². The fraction of sp³-hybridized carbons (Fsp3) is 0.538. The fourth-order valence-corrected chi connectivity index (χ4v) is 2.75. The van der Waals surface area contributed by atoms with E-state index in [1.807, 2.05) is 0 Å². The number of halogens is 1. The first-order chi connectivity index (χ1) is 7.70. The van der Waals surface area contributed by atoms with E-state index in [1.165, 1.54) is 31.7 Å². The minimum absolute atomic E-state index is 0.188. The van der Waals surface area contributed by atoms with Gasteiger partial charge in [0.2, 0.25) is 0 Å². The molecule has 1 aliphatic carbocycles. The quantitative estimate of drug-likeness (QED) is 0.737. The van der Waals surface area contributed by atoms with Gasteiger partial charge in [-0.25, -0.2) is 4.39 Å². The minimum atomic E-state index is -0.188. The summed E-state index contributed by atoms with van der Waals surface area (Å²) in [6, 6.07) is 4.94. The lowest BCUT2D eigenvalue weighted by Crippen LogP contribution is -2.35. The summed E-state index contributed by atoms with van der Waals surface area (Å²) in [4.78, 5) is 2.11. The highest BCUT2D eigenvalue weighted by Crippen LogP contribution is 2.54. The summed E-state index contributed by atoms with van der Waals surface area (Å²) in [6.45, 7) is 1.90. The van der Waals surface area contributed by atoms with E-state index in [1.54, 1.807) is 12.1 Å².